The lowest BCUT2D eigenvalue weighted by Crippen LogP contribution is -2.29. The van der Waals surface area contributed by atoms with E-state index in [1.807, 2.05) is 18.2 Å². The van der Waals surface area contributed by atoms with Crippen LogP contribution in [0.2, 0.25) is 0 Å². The van der Waals surface area contributed by atoms with Crippen LogP contribution in [0.4, 0.5) is 0 Å². The maximum absolute atomic E-state index is 5.78. The summed E-state index contributed by atoms with van der Waals surface area (Å²) < 4.78 is 11.2. The summed E-state index contributed by atoms with van der Waals surface area (Å²) in [6.45, 7) is 5.40. The second-order valence-corrected chi connectivity index (χ2v) is 5.35. The van der Waals surface area contributed by atoms with E-state index in [1.54, 1.807) is 0 Å². The molecule has 1 unspecified atom stereocenters. The van der Waals surface area contributed by atoms with E-state index in [1.165, 1.54) is 11.1 Å². The molecule has 21 heavy (non-hydrogen) atoms. The van der Waals surface area contributed by atoms with Crippen LogP contribution in [-0.4, -0.2) is 13.2 Å². The highest BCUT2D eigenvalue weighted by Gasteiger charge is 2.17. The van der Waals surface area contributed by atoms with Gasteiger partial charge in [0, 0.05) is 0 Å². The molecule has 3 N–H and O–H groups in total. The Morgan fingerprint density at radius 1 is 0.905 bits per heavy atom. The number of fused-ring (bicyclic) bond motifs is 1. The molecule has 0 bridgehead atoms. The smallest absolute Gasteiger partial charge is 0.161 e. The number of hydrogen-bond acceptors (Lipinski definition) is 4. The largest absolute Gasteiger partial charge is 0.486 e. The summed E-state index contributed by atoms with van der Waals surface area (Å²) in [5.41, 5.74) is 7.62. The van der Waals surface area contributed by atoms with Gasteiger partial charge in [-0.15, -0.1) is 0 Å². The molecule has 2 aromatic carbocycles. The maximum Gasteiger partial charge on any atom is 0.161 e. The zero-order chi connectivity index (χ0) is 14.8. The predicted octanol–water partition coefficient (Wildman–Crippen LogP) is 2.63. The number of hydrogen-bond donors (Lipinski definition) is 2. The van der Waals surface area contributed by atoms with Gasteiger partial charge in [0.15, 0.2) is 11.5 Å². The molecule has 0 spiro atoms. The van der Waals surface area contributed by atoms with Crippen molar-refractivity contribution in [3.63, 3.8) is 0 Å². The topological polar surface area (TPSA) is 56.5 Å². The Kier molecular flexibility index (Phi) is 3.82. The minimum absolute atomic E-state index is 0.0693. The maximum atomic E-state index is 5.78. The van der Waals surface area contributed by atoms with Crippen molar-refractivity contribution >= 4 is 0 Å². The van der Waals surface area contributed by atoms with Gasteiger partial charge in [0.2, 0.25) is 0 Å². The van der Waals surface area contributed by atoms with Crippen molar-refractivity contribution in [1.82, 2.24) is 5.43 Å². The van der Waals surface area contributed by atoms with Crippen LogP contribution in [0.15, 0.2) is 36.4 Å². The number of nitrogens with one attached hydrogen (secondary N) is 1. The Bertz CT molecular complexity index is 655. The van der Waals surface area contributed by atoms with E-state index in [0.29, 0.717) is 13.2 Å². The molecule has 1 aliphatic heterocycles. The van der Waals surface area contributed by atoms with Crippen molar-refractivity contribution in [2.45, 2.75) is 19.9 Å². The quantitative estimate of drug-likeness (QED) is 0.672. The first-order chi connectivity index (χ1) is 10.2. The number of nitrogens with two attached hydrogens (primary N) is 1. The van der Waals surface area contributed by atoms with Crippen LogP contribution in [0.5, 0.6) is 11.5 Å². The third-order valence-electron chi connectivity index (χ3n) is 3.93. The van der Waals surface area contributed by atoms with Gasteiger partial charge in [-0.2, -0.15) is 0 Å². The molecule has 0 amide bonds. The summed E-state index contributed by atoms with van der Waals surface area (Å²) >= 11 is 0. The van der Waals surface area contributed by atoms with Crippen LogP contribution < -0.4 is 20.7 Å². The lowest BCUT2D eigenvalue weighted by atomic mass is 9.96. The molecule has 1 heterocycles. The molecule has 0 fully saturated rings. The average Bonchev–Trinajstić information content (AvgIpc) is 2.51. The SMILES string of the molecule is Cc1ccc(C(NN)c2ccc3c(c2)OCCO3)cc1C. The molecular formula is C17H20N2O2. The molecule has 0 saturated carbocycles. The first-order valence-corrected chi connectivity index (χ1v) is 7.12. The Hall–Kier alpha value is -2.04. The van der Waals surface area contributed by atoms with Crippen molar-refractivity contribution < 1.29 is 9.47 Å². The fraction of sp³-hybridized carbons (Fsp3) is 0.294. The van der Waals surface area contributed by atoms with Gasteiger partial charge < -0.3 is 9.47 Å². The zero-order valence-electron chi connectivity index (χ0n) is 12.3. The Labute approximate surface area is 124 Å². The van der Waals surface area contributed by atoms with Crippen molar-refractivity contribution in [1.29, 1.82) is 0 Å². The van der Waals surface area contributed by atoms with E-state index >= 15 is 0 Å². The number of rotatable bonds is 3. The van der Waals surface area contributed by atoms with Gasteiger partial charge in [-0.25, -0.2) is 5.43 Å². The van der Waals surface area contributed by atoms with Gasteiger partial charge in [-0.3, -0.25) is 5.84 Å². The molecule has 4 heteroatoms. The highest BCUT2D eigenvalue weighted by atomic mass is 16.6. The standard InChI is InChI=1S/C17H20N2O2/c1-11-3-4-13(9-12(11)2)17(19-18)14-5-6-15-16(10-14)21-8-7-20-15/h3-6,9-10,17,19H,7-8,18H2,1-2H3. The third kappa shape index (κ3) is 2.73. The first-order valence-electron chi connectivity index (χ1n) is 7.12. The predicted molar refractivity (Wildman–Crippen MR) is 82.5 cm³/mol. The molecule has 1 atom stereocenters. The van der Waals surface area contributed by atoms with Crippen LogP contribution in [0.1, 0.15) is 28.3 Å². The van der Waals surface area contributed by atoms with Crippen LogP contribution in [0, 0.1) is 13.8 Å². The van der Waals surface area contributed by atoms with Gasteiger partial charge >= 0.3 is 0 Å². The van der Waals surface area contributed by atoms with E-state index in [-0.39, 0.29) is 6.04 Å². The van der Waals surface area contributed by atoms with Gasteiger partial charge in [-0.05, 0) is 48.2 Å². The minimum atomic E-state index is -0.0693. The van der Waals surface area contributed by atoms with E-state index in [4.69, 9.17) is 15.3 Å². The molecule has 2 aromatic rings. The zero-order valence-corrected chi connectivity index (χ0v) is 12.3. The molecule has 0 aromatic heterocycles. The summed E-state index contributed by atoms with van der Waals surface area (Å²) in [4.78, 5) is 0. The summed E-state index contributed by atoms with van der Waals surface area (Å²) in [6, 6.07) is 12.3. The van der Waals surface area contributed by atoms with Crippen LogP contribution in [0.25, 0.3) is 0 Å². The fourth-order valence-corrected chi connectivity index (χ4v) is 2.57. The third-order valence-corrected chi connectivity index (χ3v) is 3.93. The number of aryl methyl sites for hydroxylation is 2. The second kappa shape index (κ2) is 5.76. The summed E-state index contributed by atoms with van der Waals surface area (Å²) in [5.74, 6) is 7.35. The van der Waals surface area contributed by atoms with Crippen LogP contribution in [0.3, 0.4) is 0 Å². The van der Waals surface area contributed by atoms with E-state index in [9.17, 15) is 0 Å². The highest BCUT2D eigenvalue weighted by molar-refractivity contribution is 5.47. The summed E-state index contributed by atoms with van der Waals surface area (Å²) in [7, 11) is 0. The van der Waals surface area contributed by atoms with Gasteiger partial charge in [-0.1, -0.05) is 24.3 Å². The Morgan fingerprint density at radius 2 is 1.57 bits per heavy atom. The molecular weight excluding hydrogens is 264 g/mol. The average molecular weight is 284 g/mol. The monoisotopic (exact) mass is 284 g/mol. The molecule has 3 rings (SSSR count). The lowest BCUT2D eigenvalue weighted by Gasteiger charge is -2.22. The van der Waals surface area contributed by atoms with E-state index in [0.717, 1.165) is 22.6 Å². The Morgan fingerprint density at radius 3 is 2.29 bits per heavy atom. The molecule has 0 aliphatic carbocycles. The normalized spacial score (nSPS) is 14.8. The van der Waals surface area contributed by atoms with E-state index < -0.39 is 0 Å². The van der Waals surface area contributed by atoms with Crippen molar-refractivity contribution in [2.75, 3.05) is 13.2 Å². The second-order valence-electron chi connectivity index (χ2n) is 5.35. The highest BCUT2D eigenvalue weighted by Crippen LogP contribution is 2.34. The molecule has 0 saturated heterocycles. The van der Waals surface area contributed by atoms with Gasteiger partial charge in [0.25, 0.3) is 0 Å². The van der Waals surface area contributed by atoms with E-state index in [2.05, 4.69) is 37.5 Å². The van der Waals surface area contributed by atoms with Crippen molar-refractivity contribution in [2.24, 2.45) is 5.84 Å². The molecule has 110 valence electrons. The van der Waals surface area contributed by atoms with Gasteiger partial charge in [0.05, 0.1) is 6.04 Å². The number of benzene rings is 2. The summed E-state index contributed by atoms with van der Waals surface area (Å²) in [5, 5.41) is 0. The Balaban J connectivity index is 1.97. The van der Waals surface area contributed by atoms with Crippen LogP contribution >= 0.6 is 0 Å². The van der Waals surface area contributed by atoms with Crippen LogP contribution in [-0.2, 0) is 0 Å². The summed E-state index contributed by atoms with van der Waals surface area (Å²) in [6.07, 6.45) is 0. The molecule has 1 aliphatic rings. The fourth-order valence-electron chi connectivity index (χ4n) is 2.57. The number of hydrazine groups is 1. The van der Waals surface area contributed by atoms with Gasteiger partial charge in [0.1, 0.15) is 13.2 Å². The lowest BCUT2D eigenvalue weighted by molar-refractivity contribution is 0.171. The number of ether oxygens (including phenoxy) is 2. The first kappa shape index (κ1) is 13.9. The van der Waals surface area contributed by atoms with Crippen molar-refractivity contribution in [3.05, 3.63) is 58.7 Å². The molecule has 4 nitrogen and oxygen atoms in total. The minimum Gasteiger partial charge on any atom is -0.486 e. The molecule has 0 radical (unpaired) electrons. The van der Waals surface area contributed by atoms with Crippen molar-refractivity contribution in [3.8, 4) is 11.5 Å².